The standard InChI is InChI=1S/C16H25N3O2/c1-21-13-16(7-10-17-11-8-16)12-19-15(20)6-5-14-4-2-3-9-18-14/h2-4,9,17H,5-8,10-13H2,1H3,(H,19,20). The zero-order chi connectivity index (χ0) is 15.0. The second-order valence-electron chi connectivity index (χ2n) is 5.78. The van der Waals surface area contributed by atoms with Crippen LogP contribution in [0.3, 0.4) is 0 Å². The van der Waals surface area contributed by atoms with E-state index in [0.29, 0.717) is 26.0 Å². The van der Waals surface area contributed by atoms with Crippen molar-refractivity contribution in [2.75, 3.05) is 33.4 Å². The Morgan fingerprint density at radius 3 is 2.90 bits per heavy atom. The number of hydrogen-bond donors (Lipinski definition) is 2. The lowest BCUT2D eigenvalue weighted by molar-refractivity contribution is -0.122. The summed E-state index contributed by atoms with van der Waals surface area (Å²) in [7, 11) is 1.73. The number of aryl methyl sites for hydroxylation is 1. The van der Waals surface area contributed by atoms with Gasteiger partial charge in [0.15, 0.2) is 0 Å². The van der Waals surface area contributed by atoms with Gasteiger partial charge < -0.3 is 15.4 Å². The lowest BCUT2D eigenvalue weighted by atomic mass is 9.79. The van der Waals surface area contributed by atoms with Gasteiger partial charge in [-0.15, -0.1) is 0 Å². The number of methoxy groups -OCH3 is 1. The summed E-state index contributed by atoms with van der Waals surface area (Å²) in [4.78, 5) is 16.2. The van der Waals surface area contributed by atoms with Gasteiger partial charge >= 0.3 is 0 Å². The van der Waals surface area contributed by atoms with E-state index in [1.807, 2.05) is 18.2 Å². The van der Waals surface area contributed by atoms with Gasteiger partial charge in [-0.1, -0.05) is 6.07 Å². The molecule has 1 fully saturated rings. The fourth-order valence-corrected chi connectivity index (χ4v) is 2.80. The minimum Gasteiger partial charge on any atom is -0.384 e. The first-order valence-electron chi connectivity index (χ1n) is 7.60. The van der Waals surface area contributed by atoms with E-state index in [1.54, 1.807) is 13.3 Å². The minimum atomic E-state index is 0.0840. The molecule has 0 saturated carbocycles. The Balaban J connectivity index is 1.76. The van der Waals surface area contributed by atoms with Gasteiger partial charge in [0.2, 0.25) is 5.91 Å². The summed E-state index contributed by atoms with van der Waals surface area (Å²) in [5.74, 6) is 0.0923. The molecular weight excluding hydrogens is 266 g/mol. The molecule has 1 aromatic heterocycles. The smallest absolute Gasteiger partial charge is 0.220 e. The molecule has 1 aliphatic rings. The van der Waals surface area contributed by atoms with E-state index in [-0.39, 0.29) is 11.3 Å². The molecule has 2 N–H and O–H groups in total. The zero-order valence-corrected chi connectivity index (χ0v) is 12.7. The summed E-state index contributed by atoms with van der Waals surface area (Å²) in [6, 6.07) is 5.78. The molecule has 1 amide bonds. The topological polar surface area (TPSA) is 63.2 Å². The van der Waals surface area contributed by atoms with Gasteiger partial charge in [0.05, 0.1) is 6.61 Å². The Morgan fingerprint density at radius 1 is 1.43 bits per heavy atom. The number of aromatic nitrogens is 1. The third kappa shape index (κ3) is 5.10. The van der Waals surface area contributed by atoms with E-state index < -0.39 is 0 Å². The number of piperidine rings is 1. The maximum atomic E-state index is 12.0. The number of carbonyl (C=O) groups is 1. The van der Waals surface area contributed by atoms with Crippen molar-refractivity contribution in [2.45, 2.75) is 25.7 Å². The van der Waals surface area contributed by atoms with Gasteiger partial charge in [-0.25, -0.2) is 0 Å². The first-order chi connectivity index (χ1) is 10.2. The van der Waals surface area contributed by atoms with E-state index in [9.17, 15) is 4.79 Å². The molecule has 0 spiro atoms. The Morgan fingerprint density at radius 2 is 2.24 bits per heavy atom. The van der Waals surface area contributed by atoms with E-state index >= 15 is 0 Å². The molecule has 0 bridgehead atoms. The van der Waals surface area contributed by atoms with Gasteiger partial charge in [-0.05, 0) is 44.5 Å². The number of pyridine rings is 1. The third-order valence-corrected chi connectivity index (χ3v) is 4.11. The number of rotatable bonds is 7. The van der Waals surface area contributed by atoms with E-state index in [2.05, 4.69) is 15.6 Å². The summed E-state index contributed by atoms with van der Waals surface area (Å²) in [6.45, 7) is 3.39. The molecule has 2 rings (SSSR count). The molecule has 0 radical (unpaired) electrons. The van der Waals surface area contributed by atoms with E-state index in [0.717, 1.165) is 31.6 Å². The van der Waals surface area contributed by atoms with Crippen molar-refractivity contribution in [2.24, 2.45) is 5.41 Å². The molecule has 1 saturated heterocycles. The molecule has 2 heterocycles. The third-order valence-electron chi connectivity index (χ3n) is 4.11. The van der Waals surface area contributed by atoms with Crippen LogP contribution in [0.1, 0.15) is 25.0 Å². The predicted molar refractivity (Wildman–Crippen MR) is 82.0 cm³/mol. The molecule has 1 aliphatic heterocycles. The molecule has 116 valence electrons. The molecule has 5 heteroatoms. The van der Waals surface area contributed by atoms with E-state index in [1.165, 1.54) is 0 Å². The first-order valence-corrected chi connectivity index (χ1v) is 7.60. The van der Waals surface area contributed by atoms with Crippen molar-refractivity contribution in [3.05, 3.63) is 30.1 Å². The molecule has 0 aliphatic carbocycles. The van der Waals surface area contributed by atoms with Crippen molar-refractivity contribution >= 4 is 5.91 Å². The summed E-state index contributed by atoms with van der Waals surface area (Å²) in [5, 5.41) is 6.43. The lowest BCUT2D eigenvalue weighted by Gasteiger charge is -2.37. The van der Waals surface area contributed by atoms with Gasteiger partial charge in [0, 0.05) is 37.4 Å². The number of hydrogen-bond acceptors (Lipinski definition) is 4. The van der Waals surface area contributed by atoms with Gasteiger partial charge in [-0.3, -0.25) is 9.78 Å². The van der Waals surface area contributed by atoms with Crippen LogP contribution >= 0.6 is 0 Å². The normalized spacial score (nSPS) is 17.4. The average Bonchev–Trinajstić information content (AvgIpc) is 2.53. The second kappa shape index (κ2) is 8.10. The largest absolute Gasteiger partial charge is 0.384 e. The number of nitrogens with one attached hydrogen (secondary N) is 2. The second-order valence-corrected chi connectivity index (χ2v) is 5.78. The van der Waals surface area contributed by atoms with Gasteiger partial charge in [0.25, 0.3) is 0 Å². The maximum Gasteiger partial charge on any atom is 0.220 e. The van der Waals surface area contributed by atoms with Crippen LogP contribution < -0.4 is 10.6 Å². The molecular formula is C16H25N3O2. The highest BCUT2D eigenvalue weighted by Gasteiger charge is 2.32. The van der Waals surface area contributed by atoms with Gasteiger partial charge in [-0.2, -0.15) is 0 Å². The summed E-state index contributed by atoms with van der Waals surface area (Å²) in [5.41, 5.74) is 1.04. The Labute approximate surface area is 126 Å². The van der Waals surface area contributed by atoms with Crippen LogP contribution in [-0.2, 0) is 16.0 Å². The first kappa shape index (κ1) is 15.9. The quantitative estimate of drug-likeness (QED) is 0.791. The number of ether oxygens (including phenoxy) is 1. The maximum absolute atomic E-state index is 12.0. The predicted octanol–water partition coefficient (Wildman–Crippen LogP) is 1.15. The Kier molecular flexibility index (Phi) is 6.14. The molecule has 1 aromatic rings. The fraction of sp³-hybridized carbons (Fsp3) is 0.625. The monoisotopic (exact) mass is 291 g/mol. The number of amides is 1. The average molecular weight is 291 g/mol. The van der Waals surface area contributed by atoms with Crippen LogP contribution in [0.5, 0.6) is 0 Å². The van der Waals surface area contributed by atoms with Crippen LogP contribution in [0.4, 0.5) is 0 Å². The Hall–Kier alpha value is -1.46. The van der Waals surface area contributed by atoms with E-state index in [4.69, 9.17) is 4.74 Å². The Bertz CT molecular complexity index is 425. The summed E-state index contributed by atoms with van der Waals surface area (Å²) >= 11 is 0. The highest BCUT2D eigenvalue weighted by Crippen LogP contribution is 2.28. The van der Waals surface area contributed by atoms with Crippen molar-refractivity contribution in [3.63, 3.8) is 0 Å². The highest BCUT2D eigenvalue weighted by atomic mass is 16.5. The van der Waals surface area contributed by atoms with Gasteiger partial charge in [0.1, 0.15) is 0 Å². The molecule has 0 unspecified atom stereocenters. The van der Waals surface area contributed by atoms with Crippen molar-refractivity contribution in [3.8, 4) is 0 Å². The van der Waals surface area contributed by atoms with Crippen LogP contribution in [0.25, 0.3) is 0 Å². The van der Waals surface area contributed by atoms with Crippen LogP contribution in [0.15, 0.2) is 24.4 Å². The van der Waals surface area contributed by atoms with Crippen LogP contribution in [0, 0.1) is 5.41 Å². The van der Waals surface area contributed by atoms with Crippen LogP contribution in [-0.4, -0.2) is 44.2 Å². The summed E-state index contributed by atoms with van der Waals surface area (Å²) in [6.07, 6.45) is 5.02. The van der Waals surface area contributed by atoms with Crippen LogP contribution in [0.2, 0.25) is 0 Å². The van der Waals surface area contributed by atoms with Crippen molar-refractivity contribution in [1.82, 2.24) is 15.6 Å². The van der Waals surface area contributed by atoms with Crippen molar-refractivity contribution < 1.29 is 9.53 Å². The molecule has 0 atom stereocenters. The molecule has 21 heavy (non-hydrogen) atoms. The minimum absolute atomic E-state index is 0.0840. The molecule has 5 nitrogen and oxygen atoms in total. The molecule has 0 aromatic carbocycles. The SMILES string of the molecule is COCC1(CNC(=O)CCc2ccccn2)CCNCC1. The highest BCUT2D eigenvalue weighted by molar-refractivity contribution is 5.76. The van der Waals surface area contributed by atoms with Crippen molar-refractivity contribution in [1.29, 1.82) is 0 Å². The number of carbonyl (C=O) groups excluding carboxylic acids is 1. The lowest BCUT2D eigenvalue weighted by Crippen LogP contribution is -2.47. The number of nitrogens with zero attached hydrogens (tertiary/aromatic N) is 1. The summed E-state index contributed by atoms with van der Waals surface area (Å²) < 4.78 is 5.36. The fourth-order valence-electron chi connectivity index (χ4n) is 2.80. The zero-order valence-electron chi connectivity index (χ0n) is 12.7.